The molecule has 13 heavy (non-hydrogen) atoms. The SMILES string of the molecule is CNc1c(C#N)nnc2ncnn12. The Morgan fingerprint density at radius 1 is 1.54 bits per heavy atom. The number of rotatable bonds is 1. The number of nitriles is 1. The molecule has 2 aromatic rings. The van der Waals surface area contributed by atoms with E-state index in [-0.39, 0.29) is 5.69 Å². The Labute approximate surface area is 73.0 Å². The Bertz CT molecular complexity index is 479. The average Bonchev–Trinajstić information content (AvgIpc) is 2.63. The van der Waals surface area contributed by atoms with Gasteiger partial charge in [-0.25, -0.2) is 0 Å². The first kappa shape index (κ1) is 7.42. The van der Waals surface area contributed by atoms with Gasteiger partial charge in [0.15, 0.2) is 5.82 Å². The molecule has 0 aromatic carbocycles. The molecule has 2 rings (SSSR count). The highest BCUT2D eigenvalue weighted by Gasteiger charge is 2.09. The normalized spacial score (nSPS) is 9.85. The lowest BCUT2D eigenvalue weighted by molar-refractivity contribution is 0.881. The molecule has 1 N–H and O–H groups in total. The van der Waals surface area contributed by atoms with Crippen molar-refractivity contribution >= 4 is 11.6 Å². The minimum atomic E-state index is 0.195. The van der Waals surface area contributed by atoms with Crippen LogP contribution < -0.4 is 5.32 Å². The third kappa shape index (κ3) is 0.961. The molecule has 0 radical (unpaired) electrons. The fraction of sp³-hybridized carbons (Fsp3) is 0.167. The van der Waals surface area contributed by atoms with Crippen molar-refractivity contribution in [3.63, 3.8) is 0 Å². The largest absolute Gasteiger partial charge is 0.371 e. The lowest BCUT2D eigenvalue weighted by Gasteiger charge is -2.01. The van der Waals surface area contributed by atoms with Gasteiger partial charge in [0.25, 0.3) is 5.78 Å². The maximum Gasteiger partial charge on any atom is 0.273 e. The van der Waals surface area contributed by atoms with Crippen molar-refractivity contribution in [2.45, 2.75) is 0 Å². The lowest BCUT2D eigenvalue weighted by Crippen LogP contribution is -2.06. The minimum absolute atomic E-state index is 0.195. The zero-order chi connectivity index (χ0) is 9.26. The number of nitrogens with zero attached hydrogens (tertiary/aromatic N) is 6. The quantitative estimate of drug-likeness (QED) is 0.624. The fourth-order valence-corrected chi connectivity index (χ4v) is 1.00. The van der Waals surface area contributed by atoms with Crippen molar-refractivity contribution in [1.29, 1.82) is 5.26 Å². The van der Waals surface area contributed by atoms with Crippen molar-refractivity contribution in [2.75, 3.05) is 12.4 Å². The summed E-state index contributed by atoms with van der Waals surface area (Å²) in [4.78, 5) is 3.83. The molecule has 7 heteroatoms. The molecule has 64 valence electrons. The van der Waals surface area contributed by atoms with Gasteiger partial charge in [-0.2, -0.15) is 19.9 Å². The van der Waals surface area contributed by atoms with Crippen LogP contribution in [-0.4, -0.2) is 31.8 Å². The Morgan fingerprint density at radius 2 is 2.38 bits per heavy atom. The van der Waals surface area contributed by atoms with Crippen LogP contribution in [0.5, 0.6) is 0 Å². The van der Waals surface area contributed by atoms with Crippen LogP contribution in [0.15, 0.2) is 6.33 Å². The molecule has 2 aromatic heterocycles. The zero-order valence-corrected chi connectivity index (χ0v) is 6.76. The van der Waals surface area contributed by atoms with E-state index < -0.39 is 0 Å². The van der Waals surface area contributed by atoms with E-state index in [4.69, 9.17) is 5.26 Å². The van der Waals surface area contributed by atoms with E-state index in [9.17, 15) is 0 Å². The van der Waals surface area contributed by atoms with Crippen molar-refractivity contribution in [2.24, 2.45) is 0 Å². The summed E-state index contributed by atoms with van der Waals surface area (Å²) in [7, 11) is 1.68. The molecule has 0 amide bonds. The summed E-state index contributed by atoms with van der Waals surface area (Å²) in [5.41, 5.74) is 0.195. The number of hydrogen-bond acceptors (Lipinski definition) is 6. The van der Waals surface area contributed by atoms with Crippen LogP contribution in [0, 0.1) is 11.3 Å². The first-order valence-electron chi connectivity index (χ1n) is 3.51. The third-order valence-electron chi connectivity index (χ3n) is 1.55. The lowest BCUT2D eigenvalue weighted by atomic mass is 10.4. The van der Waals surface area contributed by atoms with E-state index >= 15 is 0 Å². The predicted octanol–water partition coefficient (Wildman–Crippen LogP) is -0.567. The highest BCUT2D eigenvalue weighted by Crippen LogP contribution is 2.09. The summed E-state index contributed by atoms with van der Waals surface area (Å²) in [6.45, 7) is 0. The Balaban J connectivity index is 2.84. The van der Waals surface area contributed by atoms with Crippen molar-refractivity contribution in [3.8, 4) is 6.07 Å². The van der Waals surface area contributed by atoms with E-state index in [0.29, 0.717) is 11.6 Å². The van der Waals surface area contributed by atoms with Gasteiger partial charge < -0.3 is 5.32 Å². The summed E-state index contributed by atoms with van der Waals surface area (Å²) in [5.74, 6) is 0.855. The van der Waals surface area contributed by atoms with Gasteiger partial charge in [-0.05, 0) is 0 Å². The predicted molar refractivity (Wildman–Crippen MR) is 42.8 cm³/mol. The Morgan fingerprint density at radius 3 is 3.08 bits per heavy atom. The van der Waals surface area contributed by atoms with Gasteiger partial charge >= 0.3 is 0 Å². The molecule has 0 fully saturated rings. The highest BCUT2D eigenvalue weighted by molar-refractivity contribution is 5.50. The van der Waals surface area contributed by atoms with Crippen LogP contribution in [0.1, 0.15) is 5.69 Å². The second-order valence-corrected chi connectivity index (χ2v) is 2.23. The first-order chi connectivity index (χ1) is 6.36. The molecule has 2 heterocycles. The van der Waals surface area contributed by atoms with Crippen LogP contribution in [0.2, 0.25) is 0 Å². The van der Waals surface area contributed by atoms with Gasteiger partial charge in [0.05, 0.1) is 0 Å². The second kappa shape index (κ2) is 2.67. The summed E-state index contributed by atoms with van der Waals surface area (Å²) in [6.07, 6.45) is 1.35. The van der Waals surface area contributed by atoms with Crippen LogP contribution in [0.25, 0.3) is 5.78 Å². The maximum atomic E-state index is 8.69. The van der Waals surface area contributed by atoms with Crippen LogP contribution >= 0.6 is 0 Å². The van der Waals surface area contributed by atoms with Gasteiger partial charge in [0.2, 0.25) is 5.69 Å². The summed E-state index contributed by atoms with van der Waals surface area (Å²) in [6, 6.07) is 1.90. The minimum Gasteiger partial charge on any atom is -0.371 e. The number of nitrogens with one attached hydrogen (secondary N) is 1. The number of anilines is 1. The molecule has 0 atom stereocenters. The molecule has 0 saturated heterocycles. The van der Waals surface area contributed by atoms with E-state index in [1.807, 2.05) is 6.07 Å². The van der Waals surface area contributed by atoms with Crippen LogP contribution in [-0.2, 0) is 0 Å². The number of aromatic nitrogens is 5. The van der Waals surface area contributed by atoms with Crippen molar-refractivity contribution < 1.29 is 0 Å². The molecule has 0 bridgehead atoms. The average molecular weight is 175 g/mol. The monoisotopic (exact) mass is 175 g/mol. The molecule has 0 spiro atoms. The molecule has 0 unspecified atom stereocenters. The van der Waals surface area contributed by atoms with Crippen molar-refractivity contribution in [1.82, 2.24) is 24.8 Å². The van der Waals surface area contributed by atoms with E-state index in [2.05, 4.69) is 25.6 Å². The topological polar surface area (TPSA) is 91.8 Å². The number of hydrogen-bond donors (Lipinski definition) is 1. The third-order valence-corrected chi connectivity index (χ3v) is 1.55. The summed E-state index contributed by atoms with van der Waals surface area (Å²) in [5, 5.41) is 22.8. The highest BCUT2D eigenvalue weighted by atomic mass is 15.4. The smallest absolute Gasteiger partial charge is 0.273 e. The molecule has 0 aliphatic rings. The summed E-state index contributed by atoms with van der Waals surface area (Å²) >= 11 is 0. The molecular formula is C6H5N7. The number of fused-ring (bicyclic) bond motifs is 1. The van der Waals surface area contributed by atoms with Gasteiger partial charge in [0.1, 0.15) is 12.4 Å². The molecule has 0 aliphatic carbocycles. The van der Waals surface area contributed by atoms with Crippen LogP contribution in [0.3, 0.4) is 0 Å². The zero-order valence-electron chi connectivity index (χ0n) is 6.76. The van der Waals surface area contributed by atoms with E-state index in [1.165, 1.54) is 10.8 Å². The van der Waals surface area contributed by atoms with Gasteiger partial charge in [-0.15, -0.1) is 10.2 Å². The summed E-state index contributed by atoms with van der Waals surface area (Å²) < 4.78 is 1.42. The van der Waals surface area contributed by atoms with Crippen molar-refractivity contribution in [3.05, 3.63) is 12.0 Å². The fourth-order valence-electron chi connectivity index (χ4n) is 1.00. The Hall–Kier alpha value is -2.23. The molecular weight excluding hydrogens is 170 g/mol. The molecule has 7 nitrogen and oxygen atoms in total. The molecule has 0 saturated carbocycles. The molecule has 0 aliphatic heterocycles. The van der Waals surface area contributed by atoms with Gasteiger partial charge in [-0.1, -0.05) is 0 Å². The van der Waals surface area contributed by atoms with Gasteiger partial charge in [0, 0.05) is 7.05 Å². The second-order valence-electron chi connectivity index (χ2n) is 2.23. The van der Waals surface area contributed by atoms with E-state index in [0.717, 1.165) is 0 Å². The van der Waals surface area contributed by atoms with Crippen LogP contribution in [0.4, 0.5) is 5.82 Å². The maximum absolute atomic E-state index is 8.69. The Kier molecular flexibility index (Phi) is 1.53. The van der Waals surface area contributed by atoms with Gasteiger partial charge in [-0.3, -0.25) is 0 Å². The standard InChI is InChI=1S/C6H5N7/c1-8-5-4(2-7)11-12-6-9-3-10-13(5)6/h3,8H,1H3. The van der Waals surface area contributed by atoms with E-state index in [1.54, 1.807) is 7.05 Å². The first-order valence-corrected chi connectivity index (χ1v) is 3.51.